The number of hydrogen-bond acceptors (Lipinski definition) is 3. The zero-order chi connectivity index (χ0) is 13.0. The van der Waals surface area contributed by atoms with E-state index in [1.165, 1.54) is 10.5 Å². The molecule has 0 spiro atoms. The van der Waals surface area contributed by atoms with Crippen molar-refractivity contribution in [3.63, 3.8) is 0 Å². The second-order valence-corrected chi connectivity index (χ2v) is 5.28. The van der Waals surface area contributed by atoms with Crippen molar-refractivity contribution in [3.8, 4) is 0 Å². The quantitative estimate of drug-likeness (QED) is 0.818. The molecule has 2 aromatic rings. The molecule has 1 aromatic heterocycles. The first-order valence-electron chi connectivity index (χ1n) is 6.11. The highest BCUT2D eigenvalue weighted by molar-refractivity contribution is 7.98. The van der Waals surface area contributed by atoms with Crippen LogP contribution in [0.5, 0.6) is 0 Å². The van der Waals surface area contributed by atoms with E-state index in [9.17, 15) is 0 Å². The summed E-state index contributed by atoms with van der Waals surface area (Å²) in [4.78, 5) is 1.30. The lowest BCUT2D eigenvalue weighted by atomic mass is 10.2. The molecule has 0 fully saturated rings. The van der Waals surface area contributed by atoms with Crippen molar-refractivity contribution in [1.82, 2.24) is 5.32 Å². The van der Waals surface area contributed by atoms with Gasteiger partial charge in [-0.05, 0) is 49.9 Å². The summed E-state index contributed by atoms with van der Waals surface area (Å²) >= 11 is 1.77. The molecule has 0 saturated heterocycles. The smallest absolute Gasteiger partial charge is 0.120 e. The molecule has 1 N–H and O–H groups in total. The van der Waals surface area contributed by atoms with Crippen LogP contribution in [0.25, 0.3) is 0 Å². The van der Waals surface area contributed by atoms with E-state index in [1.54, 1.807) is 11.8 Å². The standard InChI is InChI=1S/C15H19NOS/c1-11-4-9-15(17-11)12(2)16-10-13-5-7-14(18-3)8-6-13/h4-9,12,16H,10H2,1-3H3. The van der Waals surface area contributed by atoms with Crippen molar-refractivity contribution in [1.29, 1.82) is 0 Å². The molecule has 0 radical (unpaired) electrons. The van der Waals surface area contributed by atoms with E-state index in [-0.39, 0.29) is 6.04 Å². The predicted octanol–water partition coefficient (Wildman–Crippen LogP) is 4.16. The molecule has 0 amide bonds. The van der Waals surface area contributed by atoms with Crippen LogP contribution in [0.4, 0.5) is 0 Å². The summed E-state index contributed by atoms with van der Waals surface area (Å²) in [6, 6.07) is 12.9. The minimum absolute atomic E-state index is 0.235. The summed E-state index contributed by atoms with van der Waals surface area (Å²) in [6.45, 7) is 4.95. The average Bonchev–Trinajstić information content (AvgIpc) is 2.83. The first-order chi connectivity index (χ1) is 8.69. The number of furan rings is 1. The van der Waals surface area contributed by atoms with Crippen LogP contribution in [0.1, 0.15) is 30.0 Å². The Morgan fingerprint density at radius 3 is 2.44 bits per heavy atom. The van der Waals surface area contributed by atoms with Crippen molar-refractivity contribution in [3.05, 3.63) is 53.5 Å². The van der Waals surface area contributed by atoms with Gasteiger partial charge in [0.25, 0.3) is 0 Å². The third-order valence-electron chi connectivity index (χ3n) is 2.96. The molecule has 0 bridgehead atoms. The maximum absolute atomic E-state index is 5.60. The Bertz CT molecular complexity index is 489. The normalized spacial score (nSPS) is 12.6. The van der Waals surface area contributed by atoms with Crippen LogP contribution >= 0.6 is 11.8 Å². The molecule has 0 aliphatic carbocycles. The summed E-state index contributed by atoms with van der Waals surface area (Å²) in [5.41, 5.74) is 1.29. The second-order valence-electron chi connectivity index (χ2n) is 4.40. The molecule has 0 aliphatic heterocycles. The van der Waals surface area contributed by atoms with Gasteiger partial charge in [-0.15, -0.1) is 11.8 Å². The molecular formula is C15H19NOS. The number of hydrogen-bond donors (Lipinski definition) is 1. The summed E-state index contributed by atoms with van der Waals surface area (Å²) < 4.78 is 5.60. The lowest BCUT2D eigenvalue weighted by molar-refractivity contribution is 0.416. The minimum Gasteiger partial charge on any atom is -0.465 e. The van der Waals surface area contributed by atoms with Gasteiger partial charge in [-0.25, -0.2) is 0 Å². The van der Waals surface area contributed by atoms with Gasteiger partial charge in [-0.2, -0.15) is 0 Å². The molecular weight excluding hydrogens is 242 g/mol. The van der Waals surface area contributed by atoms with Crippen LogP contribution in [0.15, 0.2) is 45.7 Å². The van der Waals surface area contributed by atoms with Gasteiger partial charge in [0.1, 0.15) is 11.5 Å². The maximum Gasteiger partial charge on any atom is 0.120 e. The fourth-order valence-electron chi connectivity index (χ4n) is 1.80. The van der Waals surface area contributed by atoms with Gasteiger partial charge in [0, 0.05) is 11.4 Å². The highest BCUT2D eigenvalue weighted by Crippen LogP contribution is 2.17. The van der Waals surface area contributed by atoms with E-state index >= 15 is 0 Å². The largest absolute Gasteiger partial charge is 0.465 e. The van der Waals surface area contributed by atoms with Crippen LogP contribution in [-0.4, -0.2) is 6.26 Å². The van der Waals surface area contributed by atoms with Gasteiger partial charge in [0.15, 0.2) is 0 Å². The average molecular weight is 261 g/mol. The molecule has 3 heteroatoms. The number of rotatable bonds is 5. The molecule has 1 aromatic carbocycles. The molecule has 96 valence electrons. The van der Waals surface area contributed by atoms with Crippen molar-refractivity contribution < 1.29 is 4.42 Å². The minimum atomic E-state index is 0.235. The lowest BCUT2D eigenvalue weighted by Gasteiger charge is -2.11. The molecule has 1 heterocycles. The van der Waals surface area contributed by atoms with Crippen molar-refractivity contribution >= 4 is 11.8 Å². The Morgan fingerprint density at radius 2 is 1.89 bits per heavy atom. The second kappa shape index (κ2) is 6.12. The molecule has 18 heavy (non-hydrogen) atoms. The molecule has 0 aliphatic rings. The molecule has 1 unspecified atom stereocenters. The zero-order valence-corrected chi connectivity index (χ0v) is 11.9. The number of nitrogens with one attached hydrogen (secondary N) is 1. The maximum atomic E-state index is 5.60. The van der Waals surface area contributed by atoms with Gasteiger partial charge in [0.05, 0.1) is 6.04 Å². The van der Waals surface area contributed by atoms with E-state index < -0.39 is 0 Å². The Morgan fingerprint density at radius 1 is 1.17 bits per heavy atom. The van der Waals surface area contributed by atoms with Crippen LogP contribution < -0.4 is 5.32 Å². The van der Waals surface area contributed by atoms with E-state index in [0.717, 1.165) is 18.1 Å². The number of thioether (sulfide) groups is 1. The van der Waals surface area contributed by atoms with Crippen molar-refractivity contribution in [2.75, 3.05) is 6.26 Å². The zero-order valence-electron chi connectivity index (χ0n) is 11.1. The first kappa shape index (κ1) is 13.2. The fourth-order valence-corrected chi connectivity index (χ4v) is 2.21. The molecule has 0 saturated carbocycles. The van der Waals surface area contributed by atoms with Crippen molar-refractivity contribution in [2.45, 2.75) is 31.3 Å². The summed E-state index contributed by atoms with van der Waals surface area (Å²) in [5.74, 6) is 1.95. The molecule has 2 rings (SSSR count). The van der Waals surface area contributed by atoms with Crippen LogP contribution in [0.2, 0.25) is 0 Å². The number of aryl methyl sites for hydroxylation is 1. The van der Waals surface area contributed by atoms with Gasteiger partial charge < -0.3 is 9.73 Å². The Kier molecular flexibility index (Phi) is 4.50. The van der Waals surface area contributed by atoms with Gasteiger partial charge in [0.2, 0.25) is 0 Å². The van der Waals surface area contributed by atoms with Gasteiger partial charge in [-0.3, -0.25) is 0 Å². The summed E-state index contributed by atoms with van der Waals surface area (Å²) in [7, 11) is 0. The first-order valence-corrected chi connectivity index (χ1v) is 7.34. The number of benzene rings is 1. The predicted molar refractivity (Wildman–Crippen MR) is 76.9 cm³/mol. The Balaban J connectivity index is 1.90. The summed E-state index contributed by atoms with van der Waals surface area (Å²) in [6.07, 6.45) is 2.09. The van der Waals surface area contributed by atoms with Crippen molar-refractivity contribution in [2.24, 2.45) is 0 Å². The highest BCUT2D eigenvalue weighted by atomic mass is 32.2. The van der Waals surface area contributed by atoms with Gasteiger partial charge in [-0.1, -0.05) is 12.1 Å². The monoisotopic (exact) mass is 261 g/mol. The SMILES string of the molecule is CSc1ccc(CNC(C)c2ccc(C)o2)cc1. The van der Waals surface area contributed by atoms with E-state index in [0.29, 0.717) is 0 Å². The lowest BCUT2D eigenvalue weighted by Crippen LogP contribution is -2.17. The Hall–Kier alpha value is -1.19. The van der Waals surface area contributed by atoms with Crippen LogP contribution in [0.3, 0.4) is 0 Å². The third kappa shape index (κ3) is 3.40. The molecule has 1 atom stereocenters. The van der Waals surface area contributed by atoms with E-state index in [1.807, 2.05) is 19.1 Å². The van der Waals surface area contributed by atoms with Gasteiger partial charge >= 0.3 is 0 Å². The van der Waals surface area contributed by atoms with E-state index in [4.69, 9.17) is 4.42 Å². The third-order valence-corrected chi connectivity index (χ3v) is 3.70. The van der Waals surface area contributed by atoms with Crippen LogP contribution in [-0.2, 0) is 6.54 Å². The molecule has 2 nitrogen and oxygen atoms in total. The topological polar surface area (TPSA) is 25.2 Å². The highest BCUT2D eigenvalue weighted by Gasteiger charge is 2.08. The Labute approximate surface area is 113 Å². The fraction of sp³-hybridized carbons (Fsp3) is 0.333. The summed E-state index contributed by atoms with van der Waals surface area (Å²) in [5, 5.41) is 3.47. The van der Waals surface area contributed by atoms with E-state index in [2.05, 4.69) is 42.8 Å². The van der Waals surface area contributed by atoms with Crippen LogP contribution in [0, 0.1) is 6.92 Å².